The molecule has 1 aliphatic rings. The van der Waals surface area contributed by atoms with E-state index >= 15 is 0 Å². The molecule has 0 radical (unpaired) electrons. The minimum absolute atomic E-state index is 0.0425. The average Bonchev–Trinajstić information content (AvgIpc) is 3.22. The number of Topliss-reactive ketones (excluding diaryl/α,β-unsaturated/α-hetero) is 1. The molecule has 1 saturated carbocycles. The highest BCUT2D eigenvalue weighted by atomic mass is 35.5. The molecular weight excluding hydrogens is 560 g/mol. The molecule has 3 rings (SSSR count). The van der Waals surface area contributed by atoms with Gasteiger partial charge in [-0.1, -0.05) is 50.9 Å². The van der Waals surface area contributed by atoms with Crippen molar-refractivity contribution < 1.29 is 32.7 Å². The Kier molecular flexibility index (Phi) is 8.77. The molecule has 0 aliphatic heterocycles. The number of hydrogen-bond acceptors (Lipinski definition) is 5. The number of aromatic nitrogens is 3. The maximum Gasteiger partial charge on any atom is 0.433 e. The summed E-state index contributed by atoms with van der Waals surface area (Å²) in [6.07, 6.45) is -1.18. The predicted octanol–water partition coefficient (Wildman–Crippen LogP) is 6.43. The molecular formula is C26H31Cl2F3N4O4. The Balaban J connectivity index is 2.02. The molecule has 2 aromatic rings. The van der Waals surface area contributed by atoms with Crippen LogP contribution in [0.3, 0.4) is 0 Å². The average molecular weight is 591 g/mol. The molecule has 1 amide bonds. The van der Waals surface area contributed by atoms with Gasteiger partial charge in [-0.25, -0.2) is 0 Å². The van der Waals surface area contributed by atoms with Gasteiger partial charge in [0.05, 0.1) is 45.4 Å². The van der Waals surface area contributed by atoms with Crippen LogP contribution in [0.5, 0.6) is 0 Å². The Bertz CT molecular complexity index is 1250. The number of rotatable bonds is 7. The smallest absolute Gasteiger partial charge is 0.433 e. The first-order valence-electron chi connectivity index (χ1n) is 12.4. The molecule has 0 bridgehead atoms. The topological polar surface area (TPSA) is 105 Å². The van der Waals surface area contributed by atoms with E-state index in [1.807, 2.05) is 0 Å². The van der Waals surface area contributed by atoms with Gasteiger partial charge in [0.15, 0.2) is 11.5 Å². The standard InChI is InChI=1S/C26H31Cl2F3N4O4/c1-14-8-25(5,23(38)39)7-6-18(14)35-21(26(29,30)31)15(9-33-35)22(37)34(13-24(2,3)4)12-19(36)20-16(27)10-32-11-17(20)28/h9-11,14,18H,6-8,12-13H2,1-5H3,(H,38,39)/t14-,18-,25-/m0/s1. The SMILES string of the molecule is C[C@H]1C[C@@](C)(C(=O)O)CC[C@@H]1n1ncc(C(=O)N(CC(=O)c2c(Cl)cncc2Cl)CC(C)(C)C)c1C(F)(F)F. The summed E-state index contributed by atoms with van der Waals surface area (Å²) in [7, 11) is 0. The summed E-state index contributed by atoms with van der Waals surface area (Å²) in [4.78, 5) is 43.3. The first-order chi connectivity index (χ1) is 17.9. The predicted molar refractivity (Wildman–Crippen MR) is 139 cm³/mol. The lowest BCUT2D eigenvalue weighted by Crippen LogP contribution is -2.42. The monoisotopic (exact) mass is 590 g/mol. The molecule has 3 atom stereocenters. The molecule has 0 saturated heterocycles. The van der Waals surface area contributed by atoms with Gasteiger partial charge in [-0.05, 0) is 37.5 Å². The fraction of sp³-hybridized carbons (Fsp3) is 0.577. The van der Waals surface area contributed by atoms with Crippen molar-refractivity contribution in [2.45, 2.75) is 66.1 Å². The Hall–Kier alpha value is -2.66. The van der Waals surface area contributed by atoms with Crippen LogP contribution in [0.1, 0.15) is 86.3 Å². The lowest BCUT2D eigenvalue weighted by atomic mass is 9.69. The van der Waals surface area contributed by atoms with Gasteiger partial charge in [0.2, 0.25) is 0 Å². The van der Waals surface area contributed by atoms with Gasteiger partial charge in [0, 0.05) is 18.9 Å². The van der Waals surface area contributed by atoms with Gasteiger partial charge in [-0.2, -0.15) is 18.3 Å². The van der Waals surface area contributed by atoms with Crippen LogP contribution in [0.25, 0.3) is 0 Å². The van der Waals surface area contributed by atoms with Gasteiger partial charge in [0.1, 0.15) is 0 Å². The zero-order chi connectivity index (χ0) is 29.5. The van der Waals surface area contributed by atoms with E-state index in [2.05, 4.69) is 10.1 Å². The van der Waals surface area contributed by atoms with Crippen molar-refractivity contribution in [1.82, 2.24) is 19.7 Å². The third kappa shape index (κ3) is 6.74. The number of aliphatic carboxylic acids is 1. The van der Waals surface area contributed by atoms with E-state index in [1.54, 1.807) is 34.6 Å². The zero-order valence-electron chi connectivity index (χ0n) is 22.3. The lowest BCUT2D eigenvalue weighted by molar-refractivity contribution is -0.153. The first-order valence-corrected chi connectivity index (χ1v) is 13.1. The Labute approximate surface area is 234 Å². The number of carboxylic acid groups (broad SMARTS) is 1. The summed E-state index contributed by atoms with van der Waals surface area (Å²) in [5, 5.41) is 13.5. The second kappa shape index (κ2) is 11.1. The van der Waals surface area contributed by atoms with E-state index in [0.29, 0.717) is 0 Å². The third-order valence-electron chi connectivity index (χ3n) is 6.97. The molecule has 0 spiro atoms. The molecule has 0 aromatic carbocycles. The third-order valence-corrected chi connectivity index (χ3v) is 7.54. The van der Waals surface area contributed by atoms with Crippen molar-refractivity contribution in [3.63, 3.8) is 0 Å². The van der Waals surface area contributed by atoms with E-state index in [9.17, 15) is 32.7 Å². The largest absolute Gasteiger partial charge is 0.481 e. The van der Waals surface area contributed by atoms with E-state index < -0.39 is 64.4 Å². The fourth-order valence-electron chi connectivity index (χ4n) is 5.18. The Morgan fingerprint density at radius 3 is 2.23 bits per heavy atom. The number of pyridine rings is 1. The second-order valence-corrected chi connectivity index (χ2v) is 12.4. The maximum absolute atomic E-state index is 14.5. The highest BCUT2D eigenvalue weighted by molar-refractivity contribution is 6.39. The minimum Gasteiger partial charge on any atom is -0.481 e. The molecule has 1 aliphatic carbocycles. The fourth-order valence-corrected chi connectivity index (χ4v) is 5.76. The summed E-state index contributed by atoms with van der Waals surface area (Å²) in [5.41, 5.74) is -3.63. The number of ketones is 1. The number of carbonyl (C=O) groups is 3. The molecule has 2 heterocycles. The first kappa shape index (κ1) is 30.9. The summed E-state index contributed by atoms with van der Waals surface area (Å²) in [5.74, 6) is -3.12. The molecule has 1 N–H and O–H groups in total. The molecule has 214 valence electrons. The van der Waals surface area contributed by atoms with E-state index in [4.69, 9.17) is 23.2 Å². The summed E-state index contributed by atoms with van der Waals surface area (Å²) in [6, 6.07) is -0.761. The van der Waals surface area contributed by atoms with Crippen molar-refractivity contribution >= 4 is 40.9 Å². The normalized spacial score (nSPS) is 22.0. The molecule has 13 heteroatoms. The van der Waals surface area contributed by atoms with Crippen molar-refractivity contribution in [3.05, 3.63) is 45.5 Å². The van der Waals surface area contributed by atoms with E-state index in [1.165, 1.54) is 12.4 Å². The summed E-state index contributed by atoms with van der Waals surface area (Å²) >= 11 is 12.2. The Morgan fingerprint density at radius 1 is 1.15 bits per heavy atom. The minimum atomic E-state index is -4.94. The lowest BCUT2D eigenvalue weighted by Gasteiger charge is -2.39. The van der Waals surface area contributed by atoms with Crippen LogP contribution in [0.4, 0.5) is 13.2 Å². The maximum atomic E-state index is 14.5. The van der Waals surface area contributed by atoms with Crippen LogP contribution in [-0.4, -0.2) is 55.5 Å². The number of amides is 1. The van der Waals surface area contributed by atoms with Gasteiger partial charge < -0.3 is 10.0 Å². The van der Waals surface area contributed by atoms with Gasteiger partial charge >= 0.3 is 12.1 Å². The van der Waals surface area contributed by atoms with Crippen LogP contribution in [-0.2, 0) is 11.0 Å². The Morgan fingerprint density at radius 2 is 1.74 bits per heavy atom. The van der Waals surface area contributed by atoms with Gasteiger partial charge in [0.25, 0.3) is 5.91 Å². The summed E-state index contributed by atoms with van der Waals surface area (Å²) < 4.78 is 44.2. The number of carbonyl (C=O) groups excluding carboxylic acids is 2. The number of carboxylic acids is 1. The van der Waals surface area contributed by atoms with Crippen LogP contribution in [0.15, 0.2) is 18.6 Å². The second-order valence-electron chi connectivity index (χ2n) is 11.6. The molecule has 8 nitrogen and oxygen atoms in total. The summed E-state index contributed by atoms with van der Waals surface area (Å²) in [6.45, 7) is 7.98. The number of halogens is 5. The van der Waals surface area contributed by atoms with Gasteiger partial charge in [-0.3, -0.25) is 24.0 Å². The van der Waals surface area contributed by atoms with Crippen molar-refractivity contribution in [2.24, 2.45) is 16.7 Å². The van der Waals surface area contributed by atoms with Crippen molar-refractivity contribution in [1.29, 1.82) is 0 Å². The van der Waals surface area contributed by atoms with Crippen LogP contribution in [0, 0.1) is 16.7 Å². The van der Waals surface area contributed by atoms with Gasteiger partial charge in [-0.15, -0.1) is 0 Å². The molecule has 0 unspecified atom stereocenters. The molecule has 39 heavy (non-hydrogen) atoms. The highest BCUT2D eigenvalue weighted by Gasteiger charge is 2.47. The van der Waals surface area contributed by atoms with Crippen LogP contribution < -0.4 is 0 Å². The number of alkyl halides is 3. The molecule has 1 fully saturated rings. The van der Waals surface area contributed by atoms with E-state index in [0.717, 1.165) is 15.8 Å². The molecule has 2 aromatic heterocycles. The quantitative estimate of drug-likeness (QED) is 0.373. The van der Waals surface area contributed by atoms with Crippen molar-refractivity contribution in [2.75, 3.05) is 13.1 Å². The number of hydrogen-bond donors (Lipinski definition) is 1. The van der Waals surface area contributed by atoms with Crippen molar-refractivity contribution in [3.8, 4) is 0 Å². The van der Waals surface area contributed by atoms with E-state index in [-0.39, 0.29) is 41.4 Å². The highest BCUT2D eigenvalue weighted by Crippen LogP contribution is 2.46. The number of nitrogens with zero attached hydrogens (tertiary/aromatic N) is 4. The zero-order valence-corrected chi connectivity index (χ0v) is 23.8. The van der Waals surface area contributed by atoms with Crippen LogP contribution >= 0.6 is 23.2 Å². The van der Waals surface area contributed by atoms with Crippen LogP contribution in [0.2, 0.25) is 10.0 Å².